The second-order valence-corrected chi connectivity index (χ2v) is 6.43. The van der Waals surface area contributed by atoms with Crippen molar-refractivity contribution in [3.05, 3.63) is 29.1 Å². The summed E-state index contributed by atoms with van der Waals surface area (Å²) < 4.78 is 19.0. The second kappa shape index (κ2) is 6.73. The molecule has 1 aliphatic heterocycles. The van der Waals surface area contributed by atoms with Gasteiger partial charge in [0, 0.05) is 10.9 Å². The zero-order chi connectivity index (χ0) is 13.8. The third-order valence-corrected chi connectivity index (χ3v) is 4.57. The van der Waals surface area contributed by atoms with Gasteiger partial charge in [-0.15, -0.1) is 11.8 Å². The number of rotatable bonds is 6. The minimum absolute atomic E-state index is 0.116. The van der Waals surface area contributed by atoms with Crippen molar-refractivity contribution < 1.29 is 9.13 Å². The molecular formula is C15H22FNOS. The fourth-order valence-electron chi connectivity index (χ4n) is 2.04. The van der Waals surface area contributed by atoms with Crippen molar-refractivity contribution in [2.24, 2.45) is 0 Å². The van der Waals surface area contributed by atoms with Crippen LogP contribution in [-0.4, -0.2) is 25.0 Å². The van der Waals surface area contributed by atoms with Gasteiger partial charge >= 0.3 is 0 Å². The maximum atomic E-state index is 13.8. The first kappa shape index (κ1) is 14.8. The summed E-state index contributed by atoms with van der Waals surface area (Å²) in [6, 6.07) is 3.83. The predicted molar refractivity (Wildman–Crippen MR) is 78.3 cm³/mol. The Bertz CT molecular complexity index is 434. The van der Waals surface area contributed by atoms with Crippen LogP contribution in [0.15, 0.2) is 17.0 Å². The summed E-state index contributed by atoms with van der Waals surface area (Å²) in [6.07, 6.45) is 1.08. The molecule has 0 aromatic heterocycles. The monoisotopic (exact) mass is 283 g/mol. The van der Waals surface area contributed by atoms with Crippen molar-refractivity contribution in [2.45, 2.75) is 43.4 Å². The predicted octanol–water partition coefficient (Wildman–Crippen LogP) is 3.69. The van der Waals surface area contributed by atoms with Crippen LogP contribution in [0.1, 0.15) is 37.4 Å². The van der Waals surface area contributed by atoms with E-state index in [1.807, 2.05) is 24.8 Å². The number of hydrogen-bond donors (Lipinski definition) is 1. The zero-order valence-electron chi connectivity index (χ0n) is 11.8. The lowest BCUT2D eigenvalue weighted by Gasteiger charge is -2.27. The molecular weight excluding hydrogens is 261 g/mol. The third-order valence-electron chi connectivity index (χ3n) is 3.36. The fourth-order valence-corrected chi connectivity index (χ4v) is 3.35. The van der Waals surface area contributed by atoms with E-state index in [2.05, 4.69) is 19.2 Å². The molecule has 1 aliphatic rings. The Kier molecular flexibility index (Phi) is 5.25. The van der Waals surface area contributed by atoms with E-state index in [0.29, 0.717) is 10.8 Å². The summed E-state index contributed by atoms with van der Waals surface area (Å²) in [5.74, 6) is -0.116. The number of aryl methyl sites for hydroxylation is 1. The molecule has 1 N–H and O–H groups in total. The molecule has 0 spiro atoms. The van der Waals surface area contributed by atoms with Gasteiger partial charge < -0.3 is 10.1 Å². The molecule has 2 rings (SSSR count). The standard InChI is InChI=1S/C15H22FNOS/c1-4-5-17-11(3)13-7-14(16)10(2)6-15(13)19-12-8-18-9-12/h6-7,11-12,17H,4-5,8-9H2,1-3H3. The molecule has 0 aliphatic carbocycles. The summed E-state index contributed by atoms with van der Waals surface area (Å²) >= 11 is 1.81. The van der Waals surface area contributed by atoms with Crippen LogP contribution in [0.5, 0.6) is 0 Å². The Morgan fingerprint density at radius 2 is 2.21 bits per heavy atom. The molecule has 1 aromatic carbocycles. The van der Waals surface area contributed by atoms with Gasteiger partial charge in [0.1, 0.15) is 5.82 Å². The lowest BCUT2D eigenvalue weighted by molar-refractivity contribution is 0.0455. The van der Waals surface area contributed by atoms with E-state index in [0.717, 1.165) is 31.7 Å². The average molecular weight is 283 g/mol. The van der Waals surface area contributed by atoms with Crippen LogP contribution in [0.3, 0.4) is 0 Å². The van der Waals surface area contributed by atoms with E-state index >= 15 is 0 Å². The molecule has 1 aromatic rings. The van der Waals surface area contributed by atoms with Crippen LogP contribution in [-0.2, 0) is 4.74 Å². The fraction of sp³-hybridized carbons (Fsp3) is 0.600. The van der Waals surface area contributed by atoms with Gasteiger partial charge in [-0.25, -0.2) is 4.39 Å². The van der Waals surface area contributed by atoms with E-state index in [-0.39, 0.29) is 11.9 Å². The molecule has 4 heteroatoms. The minimum Gasteiger partial charge on any atom is -0.379 e. The van der Waals surface area contributed by atoms with Crippen molar-refractivity contribution in [1.82, 2.24) is 5.32 Å². The smallest absolute Gasteiger partial charge is 0.126 e. The Labute approximate surface area is 119 Å². The van der Waals surface area contributed by atoms with Crippen LogP contribution >= 0.6 is 11.8 Å². The van der Waals surface area contributed by atoms with Gasteiger partial charge in [-0.3, -0.25) is 0 Å². The minimum atomic E-state index is -0.116. The van der Waals surface area contributed by atoms with Gasteiger partial charge in [-0.2, -0.15) is 0 Å². The largest absolute Gasteiger partial charge is 0.379 e. The molecule has 0 bridgehead atoms. The maximum Gasteiger partial charge on any atom is 0.126 e. The summed E-state index contributed by atoms with van der Waals surface area (Å²) in [5.41, 5.74) is 1.78. The lowest BCUT2D eigenvalue weighted by atomic mass is 10.1. The Hall–Kier alpha value is -0.580. The van der Waals surface area contributed by atoms with Gasteiger partial charge in [-0.05, 0) is 50.1 Å². The molecule has 1 fully saturated rings. The summed E-state index contributed by atoms with van der Waals surface area (Å²) in [5, 5.41) is 3.95. The molecule has 19 heavy (non-hydrogen) atoms. The first-order valence-corrected chi connectivity index (χ1v) is 7.77. The van der Waals surface area contributed by atoms with Crippen molar-refractivity contribution in [3.63, 3.8) is 0 Å². The molecule has 0 radical (unpaired) electrons. The second-order valence-electron chi connectivity index (χ2n) is 5.09. The summed E-state index contributed by atoms with van der Waals surface area (Å²) in [4.78, 5) is 1.18. The molecule has 106 valence electrons. The maximum absolute atomic E-state index is 13.8. The van der Waals surface area contributed by atoms with Gasteiger partial charge in [0.05, 0.1) is 18.5 Å². The van der Waals surface area contributed by atoms with Crippen molar-refractivity contribution in [2.75, 3.05) is 19.8 Å². The van der Waals surface area contributed by atoms with Gasteiger partial charge in [-0.1, -0.05) is 6.92 Å². The normalized spacial score (nSPS) is 17.3. The van der Waals surface area contributed by atoms with Gasteiger partial charge in [0.25, 0.3) is 0 Å². The first-order chi connectivity index (χ1) is 9.11. The third kappa shape index (κ3) is 3.71. The van der Waals surface area contributed by atoms with Crippen molar-refractivity contribution in [3.8, 4) is 0 Å². The molecule has 1 unspecified atom stereocenters. The topological polar surface area (TPSA) is 21.3 Å². The number of thioether (sulfide) groups is 1. The number of hydrogen-bond acceptors (Lipinski definition) is 3. The molecule has 2 nitrogen and oxygen atoms in total. The van der Waals surface area contributed by atoms with E-state index in [1.54, 1.807) is 6.07 Å². The quantitative estimate of drug-likeness (QED) is 0.860. The molecule has 1 atom stereocenters. The lowest BCUT2D eigenvalue weighted by Crippen LogP contribution is -2.30. The number of nitrogens with one attached hydrogen (secondary N) is 1. The SMILES string of the molecule is CCCNC(C)c1cc(F)c(C)cc1SC1COC1. The summed E-state index contributed by atoms with van der Waals surface area (Å²) in [6.45, 7) is 8.62. The van der Waals surface area contributed by atoms with Crippen LogP contribution in [0.2, 0.25) is 0 Å². The Morgan fingerprint density at radius 3 is 2.79 bits per heavy atom. The Balaban J connectivity index is 2.19. The first-order valence-electron chi connectivity index (χ1n) is 6.89. The van der Waals surface area contributed by atoms with Crippen LogP contribution in [0, 0.1) is 12.7 Å². The van der Waals surface area contributed by atoms with E-state index < -0.39 is 0 Å². The van der Waals surface area contributed by atoms with E-state index in [1.165, 1.54) is 4.90 Å². The highest BCUT2D eigenvalue weighted by Crippen LogP contribution is 2.35. The molecule has 1 heterocycles. The highest BCUT2D eigenvalue weighted by atomic mass is 32.2. The van der Waals surface area contributed by atoms with Gasteiger partial charge in [0.2, 0.25) is 0 Å². The average Bonchev–Trinajstić information content (AvgIpc) is 2.34. The number of ether oxygens (including phenoxy) is 1. The van der Waals surface area contributed by atoms with Gasteiger partial charge in [0.15, 0.2) is 0 Å². The molecule has 0 amide bonds. The number of benzene rings is 1. The van der Waals surface area contributed by atoms with Crippen LogP contribution in [0.4, 0.5) is 4.39 Å². The zero-order valence-corrected chi connectivity index (χ0v) is 12.6. The molecule has 0 saturated carbocycles. The van der Waals surface area contributed by atoms with Crippen molar-refractivity contribution >= 4 is 11.8 Å². The summed E-state index contributed by atoms with van der Waals surface area (Å²) in [7, 11) is 0. The highest BCUT2D eigenvalue weighted by Gasteiger charge is 2.22. The van der Waals surface area contributed by atoms with Crippen molar-refractivity contribution in [1.29, 1.82) is 0 Å². The van der Waals surface area contributed by atoms with Crippen LogP contribution < -0.4 is 5.32 Å². The molecule has 1 saturated heterocycles. The van der Waals surface area contributed by atoms with E-state index in [9.17, 15) is 4.39 Å². The van der Waals surface area contributed by atoms with Crippen LogP contribution in [0.25, 0.3) is 0 Å². The number of halogens is 1. The highest BCUT2D eigenvalue weighted by molar-refractivity contribution is 8.00. The Morgan fingerprint density at radius 1 is 1.47 bits per heavy atom. The van der Waals surface area contributed by atoms with E-state index in [4.69, 9.17) is 4.74 Å².